The number of ether oxygens (including phenoxy) is 1. The molecule has 0 spiro atoms. The molecule has 11 heteroatoms. The third-order valence-corrected chi connectivity index (χ3v) is 5.76. The number of nitrogens with one attached hydrogen (secondary N) is 2. The minimum Gasteiger partial charge on any atom is -0.457 e. The first kappa shape index (κ1) is 24.4. The summed E-state index contributed by atoms with van der Waals surface area (Å²) in [6.45, 7) is 3.34. The molecule has 5 rings (SSSR count). The van der Waals surface area contributed by atoms with E-state index in [4.69, 9.17) is 4.74 Å². The Balaban J connectivity index is 1.35. The van der Waals surface area contributed by atoms with Crippen LogP contribution in [0.15, 0.2) is 66.9 Å². The Labute approximate surface area is 209 Å². The first-order valence-corrected chi connectivity index (χ1v) is 11.4. The molecule has 7 nitrogen and oxygen atoms in total. The van der Waals surface area contributed by atoms with E-state index in [-0.39, 0.29) is 17.0 Å². The quantitative estimate of drug-likeness (QED) is 0.357. The molecule has 1 amide bonds. The minimum absolute atomic E-state index is 0.0268. The highest BCUT2D eigenvalue weighted by Gasteiger charge is 2.31. The average Bonchev–Trinajstić information content (AvgIpc) is 2.88. The van der Waals surface area contributed by atoms with Gasteiger partial charge in [0, 0.05) is 55.6 Å². The maximum Gasteiger partial charge on any atom is 0.416 e. The third-order valence-electron chi connectivity index (χ3n) is 5.76. The minimum atomic E-state index is -4.59. The fraction of sp³-hybridized carbons (Fsp3) is 0.192. The summed E-state index contributed by atoms with van der Waals surface area (Å²) in [6.07, 6.45) is -2.87. The summed E-state index contributed by atoms with van der Waals surface area (Å²) < 4.78 is 59.0. The highest BCUT2D eigenvalue weighted by Crippen LogP contribution is 2.31. The highest BCUT2D eigenvalue weighted by atomic mass is 19.4. The predicted octanol–water partition coefficient (Wildman–Crippen LogP) is 5.24. The molecule has 1 aliphatic rings. The van der Waals surface area contributed by atoms with E-state index in [1.165, 1.54) is 12.1 Å². The summed E-state index contributed by atoms with van der Waals surface area (Å²) in [4.78, 5) is 23.8. The molecule has 0 unspecified atom stereocenters. The Morgan fingerprint density at radius 1 is 0.973 bits per heavy atom. The van der Waals surface area contributed by atoms with E-state index in [0.717, 1.165) is 62.3 Å². The Bertz CT molecular complexity index is 1450. The number of hydrogen-bond acceptors (Lipinski definition) is 6. The van der Waals surface area contributed by atoms with Crippen molar-refractivity contribution in [1.82, 2.24) is 15.3 Å². The van der Waals surface area contributed by atoms with Crippen molar-refractivity contribution >= 4 is 28.4 Å². The smallest absolute Gasteiger partial charge is 0.416 e. The lowest BCUT2D eigenvalue weighted by molar-refractivity contribution is -0.137. The van der Waals surface area contributed by atoms with Crippen molar-refractivity contribution in [2.24, 2.45) is 0 Å². The highest BCUT2D eigenvalue weighted by molar-refractivity contribution is 6.04. The van der Waals surface area contributed by atoms with E-state index in [1.54, 1.807) is 24.4 Å². The van der Waals surface area contributed by atoms with Gasteiger partial charge in [0.2, 0.25) is 0 Å². The lowest BCUT2D eigenvalue weighted by atomic mass is 10.1. The summed E-state index contributed by atoms with van der Waals surface area (Å²) in [7, 11) is 0. The molecule has 0 atom stereocenters. The molecule has 37 heavy (non-hydrogen) atoms. The summed E-state index contributed by atoms with van der Waals surface area (Å²) in [5, 5.41) is 5.70. The molecule has 4 aromatic rings. The molecule has 0 radical (unpaired) electrons. The molecule has 1 aliphatic heterocycles. The zero-order valence-corrected chi connectivity index (χ0v) is 19.3. The van der Waals surface area contributed by atoms with Crippen molar-refractivity contribution in [3.05, 3.63) is 83.8 Å². The predicted molar refractivity (Wildman–Crippen MR) is 130 cm³/mol. The van der Waals surface area contributed by atoms with E-state index in [9.17, 15) is 22.4 Å². The van der Waals surface area contributed by atoms with Gasteiger partial charge in [-0.2, -0.15) is 13.2 Å². The van der Waals surface area contributed by atoms with Crippen LogP contribution in [0.4, 0.5) is 29.1 Å². The number of halogens is 4. The van der Waals surface area contributed by atoms with Gasteiger partial charge in [-0.1, -0.05) is 6.07 Å². The van der Waals surface area contributed by atoms with Crippen molar-refractivity contribution in [3.8, 4) is 11.5 Å². The van der Waals surface area contributed by atoms with Crippen molar-refractivity contribution in [2.75, 3.05) is 36.4 Å². The van der Waals surface area contributed by atoms with Crippen LogP contribution in [0.5, 0.6) is 11.5 Å². The van der Waals surface area contributed by atoms with Crippen LogP contribution in [0, 0.1) is 5.82 Å². The fourth-order valence-electron chi connectivity index (χ4n) is 3.96. The molecule has 190 valence electrons. The number of hydrogen-bond donors (Lipinski definition) is 2. The number of amides is 1. The van der Waals surface area contributed by atoms with E-state index >= 15 is 0 Å². The summed E-state index contributed by atoms with van der Waals surface area (Å²) in [5.41, 5.74) is 0.124. The maximum atomic E-state index is 14.3. The Hall–Kier alpha value is -4.25. The number of alkyl halides is 3. The normalized spacial score (nSPS) is 14.0. The second kappa shape index (κ2) is 10.0. The molecular formula is C26H21F4N5O2. The Morgan fingerprint density at radius 3 is 2.57 bits per heavy atom. The zero-order chi connectivity index (χ0) is 26.0. The van der Waals surface area contributed by atoms with Gasteiger partial charge in [-0.3, -0.25) is 9.78 Å². The number of anilines is 2. The molecule has 0 aliphatic carbocycles. The first-order chi connectivity index (χ1) is 17.7. The number of benzene rings is 3. The van der Waals surface area contributed by atoms with E-state index in [2.05, 4.69) is 25.5 Å². The van der Waals surface area contributed by atoms with Gasteiger partial charge in [-0.15, -0.1) is 0 Å². The third kappa shape index (κ3) is 5.78. The second-order valence-electron chi connectivity index (χ2n) is 8.43. The fourth-order valence-corrected chi connectivity index (χ4v) is 3.96. The zero-order valence-electron chi connectivity index (χ0n) is 19.3. The molecule has 3 aromatic carbocycles. The summed E-state index contributed by atoms with van der Waals surface area (Å²) in [6, 6.07) is 12.6. The lowest BCUT2D eigenvalue weighted by Crippen LogP contribution is -2.43. The van der Waals surface area contributed by atoms with Crippen molar-refractivity contribution < 1.29 is 27.1 Å². The number of rotatable bonds is 5. The topological polar surface area (TPSA) is 79.4 Å². The van der Waals surface area contributed by atoms with Gasteiger partial charge < -0.3 is 20.3 Å². The summed E-state index contributed by atoms with van der Waals surface area (Å²) in [5.74, 6) is -0.302. The van der Waals surface area contributed by atoms with Crippen LogP contribution in [0.3, 0.4) is 0 Å². The van der Waals surface area contributed by atoms with E-state index < -0.39 is 23.5 Å². The van der Waals surface area contributed by atoms with Gasteiger partial charge in [0.25, 0.3) is 5.91 Å². The van der Waals surface area contributed by atoms with Gasteiger partial charge in [0.15, 0.2) is 0 Å². The second-order valence-corrected chi connectivity index (χ2v) is 8.43. The molecule has 1 aromatic heterocycles. The monoisotopic (exact) mass is 511 g/mol. The van der Waals surface area contributed by atoms with E-state index in [1.807, 2.05) is 0 Å². The van der Waals surface area contributed by atoms with Gasteiger partial charge in [-0.05, 0) is 36.4 Å². The number of piperazine rings is 1. The van der Waals surface area contributed by atoms with Crippen LogP contribution in [0.1, 0.15) is 15.9 Å². The van der Waals surface area contributed by atoms with Crippen LogP contribution in [-0.2, 0) is 6.18 Å². The number of aromatic nitrogens is 2. The molecule has 1 saturated heterocycles. The molecule has 0 bridgehead atoms. The molecular weight excluding hydrogens is 490 g/mol. The molecule has 0 saturated carbocycles. The van der Waals surface area contributed by atoms with Crippen LogP contribution in [0.2, 0.25) is 0 Å². The largest absolute Gasteiger partial charge is 0.457 e. The number of fused-ring (bicyclic) bond motifs is 1. The van der Waals surface area contributed by atoms with Crippen LogP contribution in [0.25, 0.3) is 11.0 Å². The van der Waals surface area contributed by atoms with Crippen molar-refractivity contribution in [3.63, 3.8) is 0 Å². The first-order valence-electron chi connectivity index (χ1n) is 11.4. The SMILES string of the molecule is O=C(Nc1cc(F)cc(Oc2ccc3ncc(N4CCNCC4)nc3c2)c1)c1cccc(C(F)(F)F)c1. The van der Waals surface area contributed by atoms with Crippen molar-refractivity contribution in [2.45, 2.75) is 6.18 Å². The summed E-state index contributed by atoms with van der Waals surface area (Å²) >= 11 is 0. The molecule has 1 fully saturated rings. The maximum absolute atomic E-state index is 14.3. The van der Waals surface area contributed by atoms with Crippen molar-refractivity contribution in [1.29, 1.82) is 0 Å². The van der Waals surface area contributed by atoms with Gasteiger partial charge in [0.1, 0.15) is 23.1 Å². The molecule has 2 N–H and O–H groups in total. The van der Waals surface area contributed by atoms with Crippen LogP contribution < -0.4 is 20.3 Å². The number of carbonyl (C=O) groups is 1. The van der Waals surface area contributed by atoms with Crippen LogP contribution in [-0.4, -0.2) is 42.1 Å². The number of nitrogens with zero attached hydrogens (tertiary/aromatic N) is 3. The Kier molecular flexibility index (Phi) is 6.62. The van der Waals surface area contributed by atoms with Gasteiger partial charge >= 0.3 is 6.18 Å². The van der Waals surface area contributed by atoms with Crippen LogP contribution >= 0.6 is 0 Å². The lowest BCUT2D eigenvalue weighted by Gasteiger charge is -2.28. The van der Waals surface area contributed by atoms with Gasteiger partial charge in [-0.25, -0.2) is 9.37 Å². The standard InChI is InChI=1S/C26H21F4N5O2/c27-18-11-19(33-25(36)16-2-1-3-17(10-16)26(28,29)30)13-21(12-18)37-20-4-5-22-23(14-20)34-24(15-32-22)35-8-6-31-7-9-35/h1-5,10-15,31H,6-9H2,(H,33,36). The number of carbonyl (C=O) groups excluding carboxylic acids is 1. The Morgan fingerprint density at radius 2 is 1.78 bits per heavy atom. The average molecular weight is 511 g/mol. The molecule has 2 heterocycles. The van der Waals surface area contributed by atoms with Gasteiger partial charge in [0.05, 0.1) is 22.8 Å². The van der Waals surface area contributed by atoms with E-state index in [0.29, 0.717) is 16.8 Å².